The van der Waals surface area contributed by atoms with Gasteiger partial charge in [0, 0.05) is 28.8 Å². The van der Waals surface area contributed by atoms with Crippen LogP contribution in [0.1, 0.15) is 26.5 Å². The van der Waals surface area contributed by atoms with Gasteiger partial charge in [-0.1, -0.05) is 12.1 Å². The summed E-state index contributed by atoms with van der Waals surface area (Å²) < 4.78 is 11.9. The lowest BCUT2D eigenvalue weighted by atomic mass is 10.2. The van der Waals surface area contributed by atoms with E-state index in [9.17, 15) is 9.00 Å². The van der Waals surface area contributed by atoms with Crippen LogP contribution in [-0.4, -0.2) is 27.2 Å². The normalized spacial score (nSPS) is 13.6. The third-order valence-corrected chi connectivity index (χ3v) is 6.24. The summed E-state index contributed by atoms with van der Waals surface area (Å²) in [4.78, 5) is 19.2. The predicted molar refractivity (Wildman–Crippen MR) is 106 cm³/mol. The molecule has 2 heterocycles. The van der Waals surface area contributed by atoms with Crippen molar-refractivity contribution < 1.29 is 9.00 Å². The second kappa shape index (κ2) is 6.61. The number of hydrogen-bond donors (Lipinski definition) is 1. The summed E-state index contributed by atoms with van der Waals surface area (Å²) in [5.74, 6) is 3.56. The van der Waals surface area contributed by atoms with Gasteiger partial charge in [0.1, 0.15) is 4.83 Å². The second-order valence-electron chi connectivity index (χ2n) is 6.24. The summed E-state index contributed by atoms with van der Waals surface area (Å²) in [6, 6.07) is 11.2. The molecule has 3 rings (SSSR count). The minimum Gasteiger partial charge on any atom is -0.347 e. The molecule has 0 saturated heterocycles. The van der Waals surface area contributed by atoms with E-state index in [0.29, 0.717) is 16.3 Å². The molecule has 3 aromatic rings. The number of amides is 1. The van der Waals surface area contributed by atoms with Crippen LogP contribution in [-0.2, 0) is 16.1 Å². The van der Waals surface area contributed by atoms with Crippen molar-refractivity contribution in [2.45, 2.75) is 25.3 Å². The molecule has 1 amide bonds. The number of carbonyl (C=O) groups excluding carboxylic acids is 1. The van der Waals surface area contributed by atoms with Gasteiger partial charge in [-0.05, 0) is 64.6 Å². The minimum atomic E-state index is -2.21. The van der Waals surface area contributed by atoms with Crippen molar-refractivity contribution in [3.63, 3.8) is 0 Å². The van der Waals surface area contributed by atoms with E-state index in [0.717, 1.165) is 27.0 Å². The molecular formula is C19H20N2O2S2. The number of hydrogen-bond acceptors (Lipinski definition) is 4. The highest BCUT2D eigenvalue weighted by Gasteiger charge is 2.12. The van der Waals surface area contributed by atoms with Gasteiger partial charge < -0.3 is 5.32 Å². The Morgan fingerprint density at radius 3 is 2.56 bits per heavy atom. The summed E-state index contributed by atoms with van der Waals surface area (Å²) in [6.45, 7) is 4.40. The molecule has 0 fully saturated rings. The van der Waals surface area contributed by atoms with Crippen molar-refractivity contribution in [2.75, 3.05) is 6.26 Å². The molecule has 6 heteroatoms. The number of rotatable bonds is 4. The maximum Gasteiger partial charge on any atom is 0.261 e. The van der Waals surface area contributed by atoms with Crippen molar-refractivity contribution in [3.8, 4) is 0 Å². The molecule has 0 bridgehead atoms. The zero-order chi connectivity index (χ0) is 18.2. The highest BCUT2D eigenvalue weighted by molar-refractivity contribution is 7.99. The van der Waals surface area contributed by atoms with Crippen LogP contribution < -0.4 is 5.32 Å². The van der Waals surface area contributed by atoms with E-state index in [1.807, 2.05) is 38.1 Å². The summed E-state index contributed by atoms with van der Waals surface area (Å²) in [7, 11) is -2.21. The van der Waals surface area contributed by atoms with Gasteiger partial charge in [0.05, 0.1) is 4.88 Å². The Balaban J connectivity index is 1.73. The Bertz CT molecular complexity index is 1050. The average Bonchev–Trinajstić information content (AvgIpc) is 2.96. The lowest BCUT2D eigenvalue weighted by molar-refractivity contribution is 0.0955. The van der Waals surface area contributed by atoms with Crippen LogP contribution in [0.2, 0.25) is 0 Å². The number of fused-ring (bicyclic) bond motifs is 1. The molecule has 0 aliphatic rings. The van der Waals surface area contributed by atoms with Crippen LogP contribution in [0.3, 0.4) is 0 Å². The summed E-state index contributed by atoms with van der Waals surface area (Å²) >= 11 is 1.41. The Morgan fingerprint density at radius 1 is 1.24 bits per heavy atom. The van der Waals surface area contributed by atoms with E-state index in [4.69, 9.17) is 0 Å². The molecular weight excluding hydrogens is 352 g/mol. The number of carbonyl (C=O) groups is 1. The molecule has 1 N–H and O–H groups in total. The second-order valence-corrected chi connectivity index (χ2v) is 9.75. The first kappa shape index (κ1) is 17.6. The molecule has 0 spiro atoms. The van der Waals surface area contributed by atoms with E-state index >= 15 is 0 Å². The molecule has 1 atom stereocenters. The number of aromatic nitrogens is 1. The SMILES string of the molecule is C=S(C)(=O)c1ccc(CNC(=O)c2cc3c(C)cc(C)nc3s2)cc1. The molecule has 4 nitrogen and oxygen atoms in total. The average molecular weight is 373 g/mol. The molecule has 130 valence electrons. The third kappa shape index (κ3) is 3.91. The van der Waals surface area contributed by atoms with Crippen molar-refractivity contribution in [1.29, 1.82) is 0 Å². The number of nitrogens with one attached hydrogen (secondary N) is 1. The quantitative estimate of drug-likeness (QED) is 0.713. The first-order chi connectivity index (χ1) is 11.7. The molecule has 0 aliphatic heterocycles. The Labute approximate surface area is 151 Å². The van der Waals surface area contributed by atoms with E-state index in [1.54, 1.807) is 18.4 Å². The fourth-order valence-corrected chi connectivity index (χ4v) is 4.39. The maximum atomic E-state index is 12.4. The van der Waals surface area contributed by atoms with Crippen LogP contribution >= 0.6 is 11.3 Å². The summed E-state index contributed by atoms with van der Waals surface area (Å²) in [5, 5.41) is 3.95. The number of nitrogens with zero attached hydrogens (tertiary/aromatic N) is 1. The molecule has 2 aromatic heterocycles. The Hall–Kier alpha value is -2.18. The fourth-order valence-electron chi connectivity index (χ4n) is 2.61. The van der Waals surface area contributed by atoms with Gasteiger partial charge in [0.2, 0.25) is 0 Å². The van der Waals surface area contributed by atoms with E-state index in [-0.39, 0.29) is 5.91 Å². The van der Waals surface area contributed by atoms with Gasteiger partial charge >= 0.3 is 0 Å². The molecule has 1 unspecified atom stereocenters. The smallest absolute Gasteiger partial charge is 0.261 e. The molecule has 1 aromatic carbocycles. The van der Waals surface area contributed by atoms with Crippen LogP contribution in [0.15, 0.2) is 41.3 Å². The predicted octanol–water partition coefficient (Wildman–Crippen LogP) is 3.55. The molecule has 0 saturated carbocycles. The highest BCUT2D eigenvalue weighted by Crippen LogP contribution is 2.27. The standard InChI is InChI=1S/C19H20N2O2S2/c1-12-9-13(2)21-19-16(12)10-17(24-19)18(22)20-11-14-5-7-15(8-6-14)25(3,4)23/h5-10H,3,11H2,1-2,4H3,(H,20,22). The molecule has 25 heavy (non-hydrogen) atoms. The number of pyridine rings is 1. The lowest BCUT2D eigenvalue weighted by Crippen LogP contribution is -2.21. The van der Waals surface area contributed by atoms with Crippen molar-refractivity contribution in [3.05, 3.63) is 58.1 Å². The molecule has 0 radical (unpaired) electrons. The third-order valence-electron chi connectivity index (χ3n) is 3.94. The zero-order valence-corrected chi connectivity index (χ0v) is 16.1. The number of benzene rings is 1. The number of thiophene rings is 1. The highest BCUT2D eigenvalue weighted by atomic mass is 32.2. The van der Waals surface area contributed by atoms with Gasteiger partial charge in [-0.2, -0.15) is 0 Å². The number of aryl methyl sites for hydroxylation is 2. The van der Waals surface area contributed by atoms with Crippen LogP contribution in [0.5, 0.6) is 0 Å². The monoisotopic (exact) mass is 372 g/mol. The van der Waals surface area contributed by atoms with Gasteiger partial charge in [0.15, 0.2) is 0 Å². The zero-order valence-electron chi connectivity index (χ0n) is 14.5. The van der Waals surface area contributed by atoms with Gasteiger partial charge in [-0.3, -0.25) is 9.00 Å². The fraction of sp³-hybridized carbons (Fsp3) is 0.211. The van der Waals surface area contributed by atoms with Crippen LogP contribution in [0, 0.1) is 13.8 Å². The van der Waals surface area contributed by atoms with Gasteiger partial charge in [0.25, 0.3) is 5.91 Å². The topological polar surface area (TPSA) is 59.1 Å². The van der Waals surface area contributed by atoms with E-state index in [1.165, 1.54) is 11.3 Å². The molecule has 0 aliphatic carbocycles. The van der Waals surface area contributed by atoms with Crippen molar-refractivity contribution in [1.82, 2.24) is 10.3 Å². The van der Waals surface area contributed by atoms with Crippen LogP contribution in [0.4, 0.5) is 0 Å². The maximum absolute atomic E-state index is 12.4. The summed E-state index contributed by atoms with van der Waals surface area (Å²) in [5.41, 5.74) is 3.04. The largest absolute Gasteiger partial charge is 0.347 e. The van der Waals surface area contributed by atoms with Crippen LogP contribution in [0.25, 0.3) is 10.2 Å². The Kier molecular flexibility index (Phi) is 4.67. The first-order valence-electron chi connectivity index (χ1n) is 7.81. The Morgan fingerprint density at radius 2 is 1.92 bits per heavy atom. The van der Waals surface area contributed by atoms with Gasteiger partial charge in [-0.15, -0.1) is 11.3 Å². The van der Waals surface area contributed by atoms with Crippen molar-refractivity contribution in [2.24, 2.45) is 0 Å². The summed E-state index contributed by atoms with van der Waals surface area (Å²) in [6.07, 6.45) is 1.61. The van der Waals surface area contributed by atoms with E-state index < -0.39 is 9.52 Å². The first-order valence-corrected chi connectivity index (χ1v) is 10.8. The van der Waals surface area contributed by atoms with Crippen molar-refractivity contribution >= 4 is 42.9 Å². The lowest BCUT2D eigenvalue weighted by Gasteiger charge is -2.06. The van der Waals surface area contributed by atoms with Gasteiger partial charge in [-0.25, -0.2) is 4.98 Å². The minimum absolute atomic E-state index is 0.111. The van der Waals surface area contributed by atoms with E-state index in [2.05, 4.69) is 16.2 Å².